The van der Waals surface area contributed by atoms with Crippen LogP contribution in [-0.4, -0.2) is 38.5 Å². The summed E-state index contributed by atoms with van der Waals surface area (Å²) in [5.74, 6) is -0.131. The van der Waals surface area contributed by atoms with Crippen LogP contribution in [0.5, 0.6) is 0 Å². The minimum Gasteiger partial charge on any atom is -0.381 e. The lowest BCUT2D eigenvalue weighted by molar-refractivity contribution is -0.0884. The molecule has 3 nitrogen and oxygen atoms in total. The fourth-order valence-electron chi connectivity index (χ4n) is 2.62. The van der Waals surface area contributed by atoms with Crippen LogP contribution < -0.4 is 5.32 Å². The Morgan fingerprint density at radius 2 is 2.05 bits per heavy atom. The van der Waals surface area contributed by atoms with Gasteiger partial charge < -0.3 is 14.8 Å². The summed E-state index contributed by atoms with van der Waals surface area (Å²) in [6, 6.07) is 7.16. The summed E-state index contributed by atoms with van der Waals surface area (Å²) in [7, 11) is 1.76. The van der Waals surface area contributed by atoms with Gasteiger partial charge in [0.25, 0.3) is 0 Å². The van der Waals surface area contributed by atoms with Gasteiger partial charge in [-0.2, -0.15) is 0 Å². The molecule has 1 aromatic carbocycles. The second-order valence-corrected chi connectivity index (χ2v) is 5.58. The van der Waals surface area contributed by atoms with E-state index in [1.54, 1.807) is 13.2 Å². The Kier molecular flexibility index (Phi) is 5.52. The van der Waals surface area contributed by atoms with Crippen molar-refractivity contribution >= 4 is 0 Å². The van der Waals surface area contributed by atoms with Crippen LogP contribution in [0.1, 0.15) is 25.3 Å². The topological polar surface area (TPSA) is 30.5 Å². The molecule has 0 saturated carbocycles. The number of ether oxygens (including phenoxy) is 2. The fraction of sp³-hybridized carbons (Fsp3) is 0.625. The van der Waals surface area contributed by atoms with Crippen LogP contribution in [0.25, 0.3) is 0 Å². The van der Waals surface area contributed by atoms with E-state index < -0.39 is 0 Å². The van der Waals surface area contributed by atoms with Gasteiger partial charge in [0.2, 0.25) is 0 Å². The number of hydrogen-bond donors (Lipinski definition) is 1. The zero-order valence-corrected chi connectivity index (χ0v) is 12.3. The first-order valence-electron chi connectivity index (χ1n) is 7.25. The highest BCUT2D eigenvalue weighted by molar-refractivity contribution is 5.18. The average Bonchev–Trinajstić information content (AvgIpc) is 2.49. The quantitative estimate of drug-likeness (QED) is 0.869. The van der Waals surface area contributed by atoms with Crippen molar-refractivity contribution in [1.82, 2.24) is 5.32 Å². The molecule has 1 heterocycles. The van der Waals surface area contributed by atoms with Gasteiger partial charge in [-0.05, 0) is 25.0 Å². The van der Waals surface area contributed by atoms with Crippen LogP contribution in [0.3, 0.4) is 0 Å². The van der Waals surface area contributed by atoms with Gasteiger partial charge in [0.05, 0.1) is 5.60 Å². The Labute approximate surface area is 120 Å². The van der Waals surface area contributed by atoms with Gasteiger partial charge in [0.15, 0.2) is 0 Å². The first kappa shape index (κ1) is 15.4. The van der Waals surface area contributed by atoms with Gasteiger partial charge in [0.1, 0.15) is 5.82 Å². The molecule has 4 heteroatoms. The molecular formula is C16H24FNO2. The Morgan fingerprint density at radius 3 is 2.70 bits per heavy atom. The van der Waals surface area contributed by atoms with E-state index in [0.29, 0.717) is 6.42 Å². The molecule has 0 bridgehead atoms. The highest BCUT2D eigenvalue weighted by Crippen LogP contribution is 2.23. The van der Waals surface area contributed by atoms with E-state index in [0.717, 1.165) is 38.2 Å². The Morgan fingerprint density at radius 1 is 1.35 bits per heavy atom. The maximum atomic E-state index is 13.6. The van der Waals surface area contributed by atoms with Crippen LogP contribution >= 0.6 is 0 Å². The molecule has 0 amide bonds. The molecule has 1 aliphatic rings. The number of nitrogens with one attached hydrogen (secondary N) is 1. The monoisotopic (exact) mass is 281 g/mol. The van der Waals surface area contributed by atoms with Gasteiger partial charge in [-0.25, -0.2) is 4.39 Å². The number of benzene rings is 1. The summed E-state index contributed by atoms with van der Waals surface area (Å²) in [6.45, 7) is 4.35. The molecule has 0 aromatic heterocycles. The van der Waals surface area contributed by atoms with E-state index in [1.165, 1.54) is 6.07 Å². The number of rotatable bonds is 6. The molecule has 0 unspecified atom stereocenters. The van der Waals surface area contributed by atoms with E-state index in [4.69, 9.17) is 9.47 Å². The third kappa shape index (κ3) is 4.01. The predicted octanol–water partition coefficient (Wildman–Crippen LogP) is 2.54. The van der Waals surface area contributed by atoms with Crippen molar-refractivity contribution in [3.8, 4) is 0 Å². The molecule has 1 aliphatic heterocycles. The largest absolute Gasteiger partial charge is 0.381 e. The van der Waals surface area contributed by atoms with Gasteiger partial charge >= 0.3 is 0 Å². The lowest BCUT2D eigenvalue weighted by Crippen LogP contribution is -2.49. The van der Waals surface area contributed by atoms with E-state index in [1.807, 2.05) is 12.1 Å². The normalized spacial score (nSPS) is 19.8. The van der Waals surface area contributed by atoms with Crippen molar-refractivity contribution in [1.29, 1.82) is 0 Å². The molecule has 1 saturated heterocycles. The highest BCUT2D eigenvalue weighted by atomic mass is 19.1. The molecule has 1 aromatic rings. The molecule has 0 spiro atoms. The Bertz CT molecular complexity index is 419. The zero-order chi connectivity index (χ0) is 14.4. The van der Waals surface area contributed by atoms with Crippen LogP contribution in [0.15, 0.2) is 24.3 Å². The lowest BCUT2D eigenvalue weighted by Gasteiger charge is -2.37. The van der Waals surface area contributed by atoms with Gasteiger partial charge in [-0.1, -0.05) is 18.2 Å². The van der Waals surface area contributed by atoms with Gasteiger partial charge in [-0.3, -0.25) is 0 Å². The maximum Gasteiger partial charge on any atom is 0.126 e. The fourth-order valence-corrected chi connectivity index (χ4v) is 2.62. The number of halogens is 1. The smallest absolute Gasteiger partial charge is 0.126 e. The third-order valence-corrected chi connectivity index (χ3v) is 4.09. The Hall–Kier alpha value is -0.970. The highest BCUT2D eigenvalue weighted by Gasteiger charge is 2.32. The van der Waals surface area contributed by atoms with Crippen molar-refractivity contribution in [2.75, 3.05) is 26.9 Å². The lowest BCUT2D eigenvalue weighted by atomic mass is 9.93. The summed E-state index contributed by atoms with van der Waals surface area (Å²) >= 11 is 0. The molecule has 1 atom stereocenters. The predicted molar refractivity (Wildman–Crippen MR) is 77.4 cm³/mol. The summed E-state index contributed by atoms with van der Waals surface area (Å²) < 4.78 is 24.7. The van der Waals surface area contributed by atoms with Crippen molar-refractivity contribution in [2.45, 2.75) is 37.8 Å². The first-order chi connectivity index (χ1) is 9.65. The second kappa shape index (κ2) is 7.16. The molecule has 0 radical (unpaired) electrons. The minimum atomic E-state index is -0.137. The van der Waals surface area contributed by atoms with E-state index in [9.17, 15) is 4.39 Å². The molecule has 20 heavy (non-hydrogen) atoms. The van der Waals surface area contributed by atoms with Crippen LogP contribution in [0.4, 0.5) is 4.39 Å². The van der Waals surface area contributed by atoms with Crippen LogP contribution in [-0.2, 0) is 15.9 Å². The van der Waals surface area contributed by atoms with Crippen molar-refractivity contribution in [2.24, 2.45) is 0 Å². The zero-order valence-electron chi connectivity index (χ0n) is 12.3. The molecule has 2 rings (SSSR count). The van der Waals surface area contributed by atoms with Crippen LogP contribution in [0.2, 0.25) is 0 Å². The second-order valence-electron chi connectivity index (χ2n) is 5.58. The maximum absolute atomic E-state index is 13.6. The minimum absolute atomic E-state index is 0.131. The average molecular weight is 281 g/mol. The number of methoxy groups -OCH3 is 1. The molecular weight excluding hydrogens is 257 g/mol. The van der Waals surface area contributed by atoms with Crippen molar-refractivity contribution in [3.63, 3.8) is 0 Å². The molecule has 1 fully saturated rings. The standard InChI is InChI=1S/C16H24FNO2/c1-13(11-14-5-3-4-6-15(14)17)18-12-16(19-2)7-9-20-10-8-16/h3-6,13,18H,7-12H2,1-2H3/t13-/m0/s1. The molecule has 0 aliphatic carbocycles. The van der Waals surface area contributed by atoms with E-state index in [-0.39, 0.29) is 17.5 Å². The summed E-state index contributed by atoms with van der Waals surface area (Å²) in [6.07, 6.45) is 2.49. The molecule has 112 valence electrons. The van der Waals surface area contributed by atoms with E-state index in [2.05, 4.69) is 12.2 Å². The summed E-state index contributed by atoms with van der Waals surface area (Å²) in [4.78, 5) is 0. The SMILES string of the molecule is COC1(CN[C@@H](C)Cc2ccccc2F)CCOCC1. The summed E-state index contributed by atoms with van der Waals surface area (Å²) in [5, 5.41) is 3.47. The van der Waals surface area contributed by atoms with E-state index >= 15 is 0 Å². The van der Waals surface area contributed by atoms with Crippen LogP contribution in [0, 0.1) is 5.82 Å². The first-order valence-corrected chi connectivity index (χ1v) is 7.25. The van der Waals surface area contributed by atoms with Gasteiger partial charge in [-0.15, -0.1) is 0 Å². The third-order valence-electron chi connectivity index (χ3n) is 4.09. The van der Waals surface area contributed by atoms with Crippen molar-refractivity contribution < 1.29 is 13.9 Å². The Balaban J connectivity index is 1.85. The van der Waals surface area contributed by atoms with Gasteiger partial charge in [0, 0.05) is 45.8 Å². The number of hydrogen-bond acceptors (Lipinski definition) is 3. The van der Waals surface area contributed by atoms with Crippen molar-refractivity contribution in [3.05, 3.63) is 35.6 Å². The summed E-state index contributed by atoms with van der Waals surface area (Å²) in [5.41, 5.74) is 0.618. The molecule has 1 N–H and O–H groups in total.